The average Bonchev–Trinajstić information content (AvgIpc) is 3.45. The van der Waals surface area contributed by atoms with Gasteiger partial charge in [0.1, 0.15) is 10.5 Å². The van der Waals surface area contributed by atoms with E-state index < -0.39 is 10.0 Å². The molecule has 5 rings (SSSR count). The molecule has 0 unspecified atom stereocenters. The quantitative estimate of drug-likeness (QED) is 0.500. The van der Waals surface area contributed by atoms with E-state index in [2.05, 4.69) is 69.6 Å². The molecule has 0 saturated heterocycles. The standard InChI is InChI=1S/C23H26N6O2S/c1-15(2)29-14-19(17-6-5-16-8-10-27(3)21(16)11-17)22-20(7-9-24-23(22)29)26-32(30,31)18-12-25-28(4)13-18/h5-7,9,11-15H,8,10H2,1-4H3,(H,24,26). The third kappa shape index (κ3) is 3.33. The van der Waals surface area contributed by atoms with E-state index >= 15 is 0 Å². The first-order valence-electron chi connectivity index (χ1n) is 10.6. The van der Waals surface area contributed by atoms with Gasteiger partial charge in [-0.15, -0.1) is 0 Å². The van der Waals surface area contributed by atoms with Gasteiger partial charge in [0.25, 0.3) is 10.0 Å². The summed E-state index contributed by atoms with van der Waals surface area (Å²) < 4.78 is 32.4. The van der Waals surface area contributed by atoms with Crippen LogP contribution >= 0.6 is 0 Å². The predicted octanol–water partition coefficient (Wildman–Crippen LogP) is 3.81. The van der Waals surface area contributed by atoms with Crippen LogP contribution in [0.5, 0.6) is 0 Å². The van der Waals surface area contributed by atoms with Crippen LogP contribution in [0.4, 0.5) is 11.4 Å². The lowest BCUT2D eigenvalue weighted by molar-refractivity contribution is 0.601. The molecule has 9 heteroatoms. The van der Waals surface area contributed by atoms with Gasteiger partial charge in [0.2, 0.25) is 0 Å². The molecule has 1 aromatic carbocycles. The third-order valence-corrected chi connectivity index (χ3v) is 7.35. The first-order chi connectivity index (χ1) is 15.2. The highest BCUT2D eigenvalue weighted by atomic mass is 32.2. The van der Waals surface area contributed by atoms with Crippen molar-refractivity contribution in [3.8, 4) is 11.1 Å². The summed E-state index contributed by atoms with van der Waals surface area (Å²) in [5.41, 5.74) is 5.79. The van der Waals surface area contributed by atoms with Crippen molar-refractivity contribution in [2.45, 2.75) is 31.2 Å². The molecule has 4 heterocycles. The fourth-order valence-electron chi connectivity index (χ4n) is 4.32. The number of anilines is 2. The minimum atomic E-state index is -3.79. The Morgan fingerprint density at radius 3 is 2.66 bits per heavy atom. The molecule has 1 aliphatic rings. The van der Waals surface area contributed by atoms with Crippen LogP contribution in [-0.2, 0) is 23.5 Å². The number of hydrogen-bond acceptors (Lipinski definition) is 5. The summed E-state index contributed by atoms with van der Waals surface area (Å²) in [6.07, 6.45) is 7.58. The number of nitrogens with zero attached hydrogens (tertiary/aromatic N) is 5. The minimum Gasteiger partial charge on any atom is -0.374 e. The number of hydrogen-bond donors (Lipinski definition) is 1. The molecule has 32 heavy (non-hydrogen) atoms. The Hall–Kier alpha value is -3.33. The Bertz CT molecular complexity index is 1430. The van der Waals surface area contributed by atoms with E-state index in [1.165, 1.54) is 28.3 Å². The molecule has 0 atom stereocenters. The summed E-state index contributed by atoms with van der Waals surface area (Å²) >= 11 is 0. The van der Waals surface area contributed by atoms with Crippen molar-refractivity contribution >= 4 is 32.4 Å². The largest absolute Gasteiger partial charge is 0.374 e. The van der Waals surface area contributed by atoms with Crippen molar-refractivity contribution in [3.05, 3.63) is 54.6 Å². The molecular formula is C23H26N6O2S. The van der Waals surface area contributed by atoms with Gasteiger partial charge in [-0.1, -0.05) is 12.1 Å². The maximum absolute atomic E-state index is 13.0. The van der Waals surface area contributed by atoms with Crippen molar-refractivity contribution < 1.29 is 8.42 Å². The molecule has 0 bridgehead atoms. The molecule has 166 valence electrons. The Morgan fingerprint density at radius 2 is 1.94 bits per heavy atom. The van der Waals surface area contributed by atoms with Gasteiger partial charge in [-0.2, -0.15) is 5.10 Å². The van der Waals surface area contributed by atoms with Crippen LogP contribution in [-0.4, -0.2) is 41.3 Å². The van der Waals surface area contributed by atoms with Gasteiger partial charge in [-0.3, -0.25) is 9.40 Å². The summed E-state index contributed by atoms with van der Waals surface area (Å²) in [4.78, 5) is 6.98. The smallest absolute Gasteiger partial charge is 0.265 e. The molecule has 8 nitrogen and oxygen atoms in total. The van der Waals surface area contributed by atoms with Crippen LogP contribution in [0.25, 0.3) is 22.2 Å². The summed E-state index contributed by atoms with van der Waals surface area (Å²) in [7, 11) is -0.00173. The highest BCUT2D eigenvalue weighted by Gasteiger charge is 2.23. The van der Waals surface area contributed by atoms with E-state index in [1.807, 2.05) is 0 Å². The van der Waals surface area contributed by atoms with Gasteiger partial charge in [0.15, 0.2) is 0 Å². The zero-order valence-corrected chi connectivity index (χ0v) is 19.4. The Labute approximate surface area is 187 Å². The second-order valence-corrected chi connectivity index (χ2v) is 10.3. The van der Waals surface area contributed by atoms with Crippen LogP contribution in [0.15, 0.2) is 53.9 Å². The highest BCUT2D eigenvalue weighted by molar-refractivity contribution is 7.92. The van der Waals surface area contributed by atoms with Gasteiger partial charge in [-0.05, 0) is 43.5 Å². The maximum atomic E-state index is 13.0. The summed E-state index contributed by atoms with van der Waals surface area (Å²) in [5, 5.41) is 4.78. The Kier molecular flexibility index (Phi) is 4.74. The van der Waals surface area contributed by atoms with E-state index in [4.69, 9.17) is 0 Å². The van der Waals surface area contributed by atoms with Crippen LogP contribution in [0, 0.1) is 0 Å². The van der Waals surface area contributed by atoms with Gasteiger partial charge >= 0.3 is 0 Å². The topological polar surface area (TPSA) is 85.0 Å². The first kappa shape index (κ1) is 20.6. The molecule has 0 radical (unpaired) electrons. The number of aryl methyl sites for hydroxylation is 1. The molecule has 0 spiro atoms. The highest BCUT2D eigenvalue weighted by Crippen LogP contribution is 2.39. The number of likely N-dealkylation sites (N-methyl/N-ethyl adjacent to an activating group) is 1. The summed E-state index contributed by atoms with van der Waals surface area (Å²) in [6, 6.07) is 8.35. The van der Waals surface area contributed by atoms with E-state index in [9.17, 15) is 8.42 Å². The van der Waals surface area contributed by atoms with Crippen molar-refractivity contribution in [1.29, 1.82) is 0 Å². The Balaban J connectivity index is 1.70. The molecule has 0 amide bonds. The number of pyridine rings is 1. The SMILES string of the molecule is CC(C)n1cc(-c2ccc3c(c2)N(C)CC3)c2c(NS(=O)(=O)c3cnn(C)c3)ccnc21. The molecule has 4 aromatic rings. The van der Waals surface area contributed by atoms with Crippen molar-refractivity contribution in [2.24, 2.45) is 7.05 Å². The van der Waals surface area contributed by atoms with E-state index in [0.29, 0.717) is 5.69 Å². The zero-order valence-electron chi connectivity index (χ0n) is 18.6. The minimum absolute atomic E-state index is 0.119. The fraction of sp³-hybridized carbons (Fsp3) is 0.304. The molecular weight excluding hydrogens is 424 g/mol. The average molecular weight is 451 g/mol. The summed E-state index contributed by atoms with van der Waals surface area (Å²) in [6.45, 7) is 5.19. The number of aromatic nitrogens is 4. The molecule has 3 aromatic heterocycles. The van der Waals surface area contributed by atoms with Gasteiger partial charge in [0, 0.05) is 56.5 Å². The maximum Gasteiger partial charge on any atom is 0.265 e. The van der Waals surface area contributed by atoms with Crippen LogP contribution in [0.1, 0.15) is 25.5 Å². The molecule has 0 aliphatic carbocycles. The molecule has 0 saturated carbocycles. The first-order valence-corrected chi connectivity index (χ1v) is 12.1. The van der Waals surface area contributed by atoms with E-state index in [0.717, 1.165) is 35.1 Å². The normalized spacial score (nSPS) is 13.8. The number of fused-ring (bicyclic) bond motifs is 2. The lowest BCUT2D eigenvalue weighted by Gasteiger charge is -2.13. The lowest BCUT2D eigenvalue weighted by atomic mass is 10.0. The Morgan fingerprint density at radius 1 is 1.12 bits per heavy atom. The molecule has 1 N–H and O–H groups in total. The molecule has 1 aliphatic heterocycles. The second kappa shape index (κ2) is 7.37. The van der Waals surface area contributed by atoms with Crippen LogP contribution < -0.4 is 9.62 Å². The monoisotopic (exact) mass is 450 g/mol. The number of benzene rings is 1. The van der Waals surface area contributed by atoms with Crippen LogP contribution in [0.2, 0.25) is 0 Å². The fourth-order valence-corrected chi connectivity index (χ4v) is 5.38. The van der Waals surface area contributed by atoms with Crippen molar-refractivity contribution in [1.82, 2.24) is 19.3 Å². The number of rotatable bonds is 5. The lowest BCUT2D eigenvalue weighted by Crippen LogP contribution is -2.13. The molecule has 0 fully saturated rings. The van der Waals surface area contributed by atoms with Gasteiger partial charge < -0.3 is 9.47 Å². The zero-order chi connectivity index (χ0) is 22.6. The third-order valence-electron chi connectivity index (χ3n) is 6.03. The predicted molar refractivity (Wildman–Crippen MR) is 127 cm³/mol. The number of nitrogens with one attached hydrogen (secondary N) is 1. The van der Waals surface area contributed by atoms with Gasteiger partial charge in [-0.25, -0.2) is 13.4 Å². The van der Waals surface area contributed by atoms with E-state index in [-0.39, 0.29) is 10.9 Å². The van der Waals surface area contributed by atoms with E-state index in [1.54, 1.807) is 19.3 Å². The van der Waals surface area contributed by atoms with Crippen LogP contribution in [0.3, 0.4) is 0 Å². The van der Waals surface area contributed by atoms with Crippen molar-refractivity contribution in [2.75, 3.05) is 23.2 Å². The summed E-state index contributed by atoms with van der Waals surface area (Å²) in [5.74, 6) is 0. The van der Waals surface area contributed by atoms with Gasteiger partial charge in [0.05, 0.1) is 17.3 Å². The second-order valence-electron chi connectivity index (χ2n) is 8.57. The van der Waals surface area contributed by atoms with Crippen molar-refractivity contribution in [3.63, 3.8) is 0 Å². The number of sulfonamides is 1.